The first-order valence-electron chi connectivity index (χ1n) is 5.14. The fraction of sp³-hybridized carbons (Fsp3) is 0.400. The lowest BCUT2D eigenvalue weighted by atomic mass is 10.2. The van der Waals surface area contributed by atoms with Gasteiger partial charge >= 0.3 is 5.97 Å². The minimum Gasteiger partial charge on any atom is -0.480 e. The number of aromatic amines is 1. The Hall–Kier alpha value is -2.18. The summed E-state index contributed by atoms with van der Waals surface area (Å²) in [6.07, 6.45) is 2.19. The molecule has 0 saturated heterocycles. The van der Waals surface area contributed by atoms with E-state index in [1.165, 1.54) is 6.08 Å². The molecule has 1 aromatic rings. The Morgan fingerprint density at radius 1 is 1.65 bits per heavy atom. The lowest BCUT2D eigenvalue weighted by Crippen LogP contribution is -2.40. The maximum atomic E-state index is 11.6. The summed E-state index contributed by atoms with van der Waals surface area (Å²) in [6.45, 7) is 5.29. The number of carboxylic acid groups (broad SMARTS) is 1. The first-order valence-corrected chi connectivity index (χ1v) is 5.14. The van der Waals surface area contributed by atoms with Crippen molar-refractivity contribution in [1.82, 2.24) is 20.5 Å². The van der Waals surface area contributed by atoms with Crippen LogP contribution in [0.4, 0.5) is 0 Å². The van der Waals surface area contributed by atoms with E-state index in [-0.39, 0.29) is 12.2 Å². The van der Waals surface area contributed by atoms with Crippen LogP contribution in [0.2, 0.25) is 0 Å². The molecule has 1 heterocycles. The second-order valence-electron chi connectivity index (χ2n) is 3.35. The minimum atomic E-state index is -1.12. The van der Waals surface area contributed by atoms with Crippen LogP contribution in [-0.2, 0) is 11.2 Å². The topological polar surface area (TPSA) is 108 Å². The summed E-state index contributed by atoms with van der Waals surface area (Å²) < 4.78 is 0. The van der Waals surface area contributed by atoms with Crippen molar-refractivity contribution in [3.63, 3.8) is 0 Å². The summed E-state index contributed by atoms with van der Waals surface area (Å²) >= 11 is 0. The normalized spacial score (nSPS) is 11.8. The molecule has 0 bridgehead atoms. The van der Waals surface area contributed by atoms with Crippen LogP contribution in [0.5, 0.6) is 0 Å². The van der Waals surface area contributed by atoms with Crippen LogP contribution in [0.25, 0.3) is 0 Å². The molecule has 0 saturated carbocycles. The molecule has 1 unspecified atom stereocenters. The van der Waals surface area contributed by atoms with E-state index in [2.05, 4.69) is 27.1 Å². The highest BCUT2D eigenvalue weighted by molar-refractivity contribution is 5.93. The number of hydrogen-bond donors (Lipinski definition) is 3. The number of carbonyl (C=O) groups is 2. The lowest BCUT2D eigenvalue weighted by Gasteiger charge is -2.10. The third-order valence-corrected chi connectivity index (χ3v) is 2.08. The summed E-state index contributed by atoms with van der Waals surface area (Å²) in [5.41, 5.74) is 0. The zero-order chi connectivity index (χ0) is 12.8. The Bertz CT molecular complexity index is 427. The van der Waals surface area contributed by atoms with Gasteiger partial charge in [-0.2, -0.15) is 0 Å². The number of hydrogen-bond acceptors (Lipinski definition) is 4. The summed E-state index contributed by atoms with van der Waals surface area (Å²) in [5.74, 6) is -1.22. The molecule has 7 heteroatoms. The van der Waals surface area contributed by atoms with Crippen LogP contribution in [0, 0.1) is 0 Å². The Kier molecular flexibility index (Phi) is 4.38. The van der Waals surface area contributed by atoms with Crippen molar-refractivity contribution in [3.8, 4) is 0 Å². The molecule has 0 aliphatic rings. The fourth-order valence-electron chi connectivity index (χ4n) is 1.17. The molecule has 0 spiro atoms. The van der Waals surface area contributed by atoms with Gasteiger partial charge in [0.25, 0.3) is 5.91 Å². The Morgan fingerprint density at radius 2 is 2.35 bits per heavy atom. The lowest BCUT2D eigenvalue weighted by molar-refractivity contribution is -0.139. The third kappa shape index (κ3) is 3.40. The molecule has 3 N–H and O–H groups in total. The highest BCUT2D eigenvalue weighted by atomic mass is 16.4. The SMILES string of the molecule is C=CCC(NC(=O)c1n[nH]c(CC)n1)C(=O)O. The number of nitrogens with zero attached hydrogens (tertiary/aromatic N) is 2. The molecule has 1 amide bonds. The number of aromatic nitrogens is 3. The molecule has 0 aliphatic carbocycles. The number of carbonyl (C=O) groups excluding carboxylic acids is 1. The summed E-state index contributed by atoms with van der Waals surface area (Å²) in [6, 6.07) is -1.01. The van der Waals surface area contributed by atoms with E-state index in [4.69, 9.17) is 5.11 Å². The smallest absolute Gasteiger partial charge is 0.326 e. The maximum Gasteiger partial charge on any atom is 0.326 e. The highest BCUT2D eigenvalue weighted by Gasteiger charge is 2.21. The van der Waals surface area contributed by atoms with Crippen molar-refractivity contribution in [1.29, 1.82) is 0 Å². The average molecular weight is 238 g/mol. The summed E-state index contributed by atoms with van der Waals surface area (Å²) in [7, 11) is 0. The van der Waals surface area contributed by atoms with Crippen LogP contribution in [0.3, 0.4) is 0 Å². The third-order valence-electron chi connectivity index (χ3n) is 2.08. The van der Waals surface area contributed by atoms with Gasteiger partial charge in [0.1, 0.15) is 11.9 Å². The maximum absolute atomic E-state index is 11.6. The predicted molar refractivity (Wildman–Crippen MR) is 59.5 cm³/mol. The fourth-order valence-corrected chi connectivity index (χ4v) is 1.17. The van der Waals surface area contributed by atoms with Crippen molar-refractivity contribution in [2.24, 2.45) is 0 Å². The largest absolute Gasteiger partial charge is 0.480 e. The predicted octanol–water partition coefficient (Wildman–Crippen LogP) is 0.126. The molecular weight excluding hydrogens is 224 g/mol. The summed E-state index contributed by atoms with van der Waals surface area (Å²) in [4.78, 5) is 26.3. The van der Waals surface area contributed by atoms with Gasteiger partial charge in [-0.1, -0.05) is 13.0 Å². The number of aryl methyl sites for hydroxylation is 1. The van der Waals surface area contributed by atoms with Gasteiger partial charge in [0.05, 0.1) is 0 Å². The molecule has 7 nitrogen and oxygen atoms in total. The van der Waals surface area contributed by atoms with E-state index in [0.717, 1.165) is 0 Å². The van der Waals surface area contributed by atoms with Gasteiger partial charge in [0.15, 0.2) is 0 Å². The van der Waals surface area contributed by atoms with Gasteiger partial charge < -0.3 is 10.4 Å². The number of nitrogens with one attached hydrogen (secondary N) is 2. The Balaban J connectivity index is 2.69. The molecule has 0 fully saturated rings. The Morgan fingerprint density at radius 3 is 2.82 bits per heavy atom. The van der Waals surface area contributed by atoms with Crippen molar-refractivity contribution >= 4 is 11.9 Å². The Labute approximate surface area is 97.9 Å². The molecule has 0 aromatic carbocycles. The molecule has 0 radical (unpaired) electrons. The molecule has 1 aromatic heterocycles. The molecule has 17 heavy (non-hydrogen) atoms. The molecule has 1 atom stereocenters. The number of carboxylic acids is 1. The number of aliphatic carboxylic acids is 1. The van der Waals surface area contributed by atoms with Gasteiger partial charge in [0, 0.05) is 6.42 Å². The first-order chi connectivity index (χ1) is 8.08. The number of H-pyrrole nitrogens is 1. The van der Waals surface area contributed by atoms with Crippen LogP contribution in [0.15, 0.2) is 12.7 Å². The monoisotopic (exact) mass is 238 g/mol. The van der Waals surface area contributed by atoms with Gasteiger partial charge in [-0.25, -0.2) is 9.78 Å². The van der Waals surface area contributed by atoms with Gasteiger partial charge in [-0.15, -0.1) is 11.7 Å². The number of rotatable bonds is 6. The molecule has 1 rings (SSSR count). The van der Waals surface area contributed by atoms with Gasteiger partial charge in [-0.05, 0) is 6.42 Å². The van der Waals surface area contributed by atoms with Crippen LogP contribution in [0.1, 0.15) is 29.8 Å². The second kappa shape index (κ2) is 5.78. The van der Waals surface area contributed by atoms with Crippen LogP contribution in [-0.4, -0.2) is 38.2 Å². The second-order valence-corrected chi connectivity index (χ2v) is 3.35. The van der Waals surface area contributed by atoms with Crippen molar-refractivity contribution in [2.75, 3.05) is 0 Å². The summed E-state index contributed by atoms with van der Waals surface area (Å²) in [5, 5.41) is 17.4. The van der Waals surface area contributed by atoms with E-state index in [1.807, 2.05) is 6.92 Å². The van der Waals surface area contributed by atoms with Crippen LogP contribution >= 0.6 is 0 Å². The highest BCUT2D eigenvalue weighted by Crippen LogP contribution is 1.98. The minimum absolute atomic E-state index is 0.0582. The van der Waals surface area contributed by atoms with Gasteiger partial charge in [0.2, 0.25) is 5.82 Å². The zero-order valence-corrected chi connectivity index (χ0v) is 9.43. The van der Waals surface area contributed by atoms with Crippen molar-refractivity contribution in [3.05, 3.63) is 24.3 Å². The standard InChI is InChI=1S/C10H14N4O3/c1-3-5-6(10(16)17)11-9(15)8-12-7(4-2)13-14-8/h3,6H,1,4-5H2,2H3,(H,11,15)(H,16,17)(H,12,13,14). The zero-order valence-electron chi connectivity index (χ0n) is 9.43. The van der Waals surface area contributed by atoms with Crippen molar-refractivity contribution < 1.29 is 14.7 Å². The van der Waals surface area contributed by atoms with E-state index < -0.39 is 17.9 Å². The van der Waals surface area contributed by atoms with Crippen molar-refractivity contribution in [2.45, 2.75) is 25.8 Å². The first kappa shape index (κ1) is 12.9. The molecule has 0 aliphatic heterocycles. The average Bonchev–Trinajstić information content (AvgIpc) is 2.76. The van der Waals surface area contributed by atoms with E-state index >= 15 is 0 Å². The van der Waals surface area contributed by atoms with E-state index in [9.17, 15) is 9.59 Å². The molecular formula is C10H14N4O3. The number of amides is 1. The van der Waals surface area contributed by atoms with Gasteiger partial charge in [-0.3, -0.25) is 9.89 Å². The van der Waals surface area contributed by atoms with E-state index in [1.54, 1.807) is 0 Å². The van der Waals surface area contributed by atoms with E-state index in [0.29, 0.717) is 12.2 Å². The van der Waals surface area contributed by atoms with Crippen LogP contribution < -0.4 is 5.32 Å². The molecule has 92 valence electrons. The quantitative estimate of drug-likeness (QED) is 0.610.